The number of nitrogens with one attached hydrogen (secondary N) is 2. The lowest BCUT2D eigenvalue weighted by Gasteiger charge is -2.14. The van der Waals surface area contributed by atoms with Crippen molar-refractivity contribution in [3.05, 3.63) is 41.6 Å². The Bertz CT molecular complexity index is 625. The van der Waals surface area contributed by atoms with Gasteiger partial charge in [0.15, 0.2) is 0 Å². The van der Waals surface area contributed by atoms with E-state index in [2.05, 4.69) is 71.6 Å². The number of nitrogens with zero attached hydrogens (tertiary/aromatic N) is 3. The first-order valence-electron chi connectivity index (χ1n) is 8.17. The first-order valence-corrected chi connectivity index (χ1v) is 8.17. The van der Waals surface area contributed by atoms with Crippen LogP contribution in [-0.2, 0) is 6.42 Å². The molecule has 0 fully saturated rings. The molecule has 0 bridgehead atoms. The van der Waals surface area contributed by atoms with Crippen LogP contribution in [-0.4, -0.2) is 42.1 Å². The van der Waals surface area contributed by atoms with Crippen molar-refractivity contribution in [3.63, 3.8) is 0 Å². The second-order valence-electron chi connectivity index (χ2n) is 5.94. The highest BCUT2D eigenvalue weighted by atomic mass is 15.1. The highest BCUT2D eigenvalue weighted by Gasteiger charge is 2.06. The molecule has 0 spiro atoms. The van der Waals surface area contributed by atoms with Gasteiger partial charge in [-0.1, -0.05) is 25.1 Å². The predicted octanol–water partition coefficient (Wildman–Crippen LogP) is 3.45. The summed E-state index contributed by atoms with van der Waals surface area (Å²) in [5.74, 6) is 1.49. The van der Waals surface area contributed by atoms with Gasteiger partial charge in [0, 0.05) is 18.4 Å². The van der Waals surface area contributed by atoms with Crippen LogP contribution in [0.15, 0.2) is 30.5 Å². The molecule has 1 aromatic heterocycles. The molecule has 2 N–H and O–H groups in total. The van der Waals surface area contributed by atoms with Crippen LogP contribution < -0.4 is 10.6 Å². The monoisotopic (exact) mass is 313 g/mol. The van der Waals surface area contributed by atoms with Crippen LogP contribution in [0.25, 0.3) is 0 Å². The van der Waals surface area contributed by atoms with Crippen molar-refractivity contribution in [1.29, 1.82) is 0 Å². The van der Waals surface area contributed by atoms with Gasteiger partial charge in [-0.3, -0.25) is 0 Å². The Morgan fingerprint density at radius 1 is 1.17 bits per heavy atom. The maximum Gasteiger partial charge on any atom is 0.229 e. The first kappa shape index (κ1) is 17.2. The molecule has 0 aliphatic rings. The van der Waals surface area contributed by atoms with Crippen LogP contribution in [0.2, 0.25) is 0 Å². The van der Waals surface area contributed by atoms with Crippen LogP contribution in [0.3, 0.4) is 0 Å². The van der Waals surface area contributed by atoms with Gasteiger partial charge in [-0.15, -0.1) is 0 Å². The average molecular weight is 313 g/mol. The molecular weight excluding hydrogens is 286 g/mol. The van der Waals surface area contributed by atoms with Crippen molar-refractivity contribution in [2.24, 2.45) is 0 Å². The van der Waals surface area contributed by atoms with Crippen molar-refractivity contribution in [1.82, 2.24) is 14.9 Å². The maximum atomic E-state index is 4.55. The van der Waals surface area contributed by atoms with Crippen LogP contribution in [0.1, 0.15) is 24.5 Å². The van der Waals surface area contributed by atoms with E-state index in [1.165, 1.54) is 11.1 Å². The first-order chi connectivity index (χ1) is 11.1. The van der Waals surface area contributed by atoms with Crippen LogP contribution in [0, 0.1) is 6.92 Å². The summed E-state index contributed by atoms with van der Waals surface area (Å²) in [7, 11) is 4.17. The fourth-order valence-electron chi connectivity index (χ4n) is 2.44. The molecule has 0 aliphatic carbocycles. The SMILES string of the molecule is CCc1cccc(C)c1Nc1nccc(NCCCN(C)C)n1. The molecule has 2 rings (SSSR count). The largest absolute Gasteiger partial charge is 0.370 e. The van der Waals surface area contributed by atoms with Crippen molar-refractivity contribution >= 4 is 17.5 Å². The van der Waals surface area contributed by atoms with Crippen LogP contribution in [0.5, 0.6) is 0 Å². The van der Waals surface area contributed by atoms with Gasteiger partial charge in [0.2, 0.25) is 5.95 Å². The standard InChI is InChI=1S/C18H27N5/c1-5-15-9-6-8-14(2)17(15)22-18-20-12-10-16(21-18)19-11-7-13-23(3)4/h6,8-10,12H,5,7,11,13H2,1-4H3,(H2,19,20,21,22). The predicted molar refractivity (Wildman–Crippen MR) is 97.5 cm³/mol. The van der Waals surface area contributed by atoms with Crippen LogP contribution in [0.4, 0.5) is 17.5 Å². The van der Waals surface area contributed by atoms with Gasteiger partial charge < -0.3 is 15.5 Å². The molecule has 2 aromatic rings. The van der Waals surface area contributed by atoms with E-state index in [4.69, 9.17) is 0 Å². The summed E-state index contributed by atoms with van der Waals surface area (Å²) in [5.41, 5.74) is 3.59. The van der Waals surface area contributed by atoms with Gasteiger partial charge in [0.1, 0.15) is 5.82 Å². The van der Waals surface area contributed by atoms with E-state index in [0.717, 1.165) is 37.4 Å². The highest BCUT2D eigenvalue weighted by Crippen LogP contribution is 2.24. The molecule has 0 unspecified atom stereocenters. The van der Waals surface area contributed by atoms with Crippen molar-refractivity contribution in [2.45, 2.75) is 26.7 Å². The van der Waals surface area contributed by atoms with E-state index in [0.29, 0.717) is 5.95 Å². The molecule has 5 nitrogen and oxygen atoms in total. The lowest BCUT2D eigenvalue weighted by Crippen LogP contribution is -2.16. The number of hydrogen-bond acceptors (Lipinski definition) is 5. The summed E-state index contributed by atoms with van der Waals surface area (Å²) in [5, 5.41) is 6.72. The normalized spacial score (nSPS) is 10.8. The molecule has 23 heavy (non-hydrogen) atoms. The Kier molecular flexibility index (Phi) is 6.35. The zero-order valence-electron chi connectivity index (χ0n) is 14.6. The van der Waals surface area contributed by atoms with E-state index >= 15 is 0 Å². The topological polar surface area (TPSA) is 53.1 Å². The van der Waals surface area contributed by atoms with E-state index < -0.39 is 0 Å². The highest BCUT2D eigenvalue weighted by molar-refractivity contribution is 5.63. The molecule has 0 saturated heterocycles. The zero-order valence-corrected chi connectivity index (χ0v) is 14.6. The third-order valence-electron chi connectivity index (χ3n) is 3.72. The molecule has 1 heterocycles. The molecular formula is C18H27N5. The lowest BCUT2D eigenvalue weighted by molar-refractivity contribution is 0.405. The third kappa shape index (κ3) is 5.21. The fourth-order valence-corrected chi connectivity index (χ4v) is 2.44. The summed E-state index contributed by atoms with van der Waals surface area (Å²) in [4.78, 5) is 11.1. The van der Waals surface area contributed by atoms with E-state index in [1.54, 1.807) is 6.20 Å². The summed E-state index contributed by atoms with van der Waals surface area (Å²) in [6.45, 7) is 6.22. The van der Waals surface area contributed by atoms with Gasteiger partial charge in [-0.2, -0.15) is 4.98 Å². The number of anilines is 3. The molecule has 0 radical (unpaired) electrons. The fraction of sp³-hybridized carbons (Fsp3) is 0.444. The second-order valence-corrected chi connectivity index (χ2v) is 5.94. The molecule has 0 atom stereocenters. The molecule has 0 saturated carbocycles. The van der Waals surface area contributed by atoms with E-state index in [-0.39, 0.29) is 0 Å². The zero-order chi connectivity index (χ0) is 16.7. The van der Waals surface area contributed by atoms with Crippen molar-refractivity contribution < 1.29 is 0 Å². The third-order valence-corrected chi connectivity index (χ3v) is 3.72. The summed E-state index contributed by atoms with van der Waals surface area (Å²) < 4.78 is 0. The number of aromatic nitrogens is 2. The average Bonchev–Trinajstić information content (AvgIpc) is 2.54. The Hall–Kier alpha value is -2.14. The molecule has 124 valence electrons. The van der Waals surface area contributed by atoms with E-state index in [9.17, 15) is 0 Å². The van der Waals surface area contributed by atoms with Gasteiger partial charge in [-0.05, 0) is 57.6 Å². The van der Waals surface area contributed by atoms with Gasteiger partial charge in [0.05, 0.1) is 0 Å². The minimum Gasteiger partial charge on any atom is -0.370 e. The van der Waals surface area contributed by atoms with Gasteiger partial charge in [0.25, 0.3) is 0 Å². The second kappa shape index (κ2) is 8.48. The summed E-state index contributed by atoms with van der Waals surface area (Å²) in [6, 6.07) is 8.23. The Morgan fingerprint density at radius 3 is 2.74 bits per heavy atom. The number of hydrogen-bond donors (Lipinski definition) is 2. The molecule has 1 aromatic carbocycles. The summed E-state index contributed by atoms with van der Waals surface area (Å²) >= 11 is 0. The minimum atomic E-state index is 0.631. The van der Waals surface area contributed by atoms with Crippen molar-refractivity contribution in [3.8, 4) is 0 Å². The Labute approximate surface area is 139 Å². The van der Waals surface area contributed by atoms with Gasteiger partial charge >= 0.3 is 0 Å². The summed E-state index contributed by atoms with van der Waals surface area (Å²) in [6.07, 6.45) is 3.84. The molecule has 5 heteroatoms. The Balaban J connectivity index is 2.03. The minimum absolute atomic E-state index is 0.631. The van der Waals surface area contributed by atoms with Crippen molar-refractivity contribution in [2.75, 3.05) is 37.8 Å². The molecule has 0 amide bonds. The number of benzene rings is 1. The molecule has 0 aliphatic heterocycles. The van der Waals surface area contributed by atoms with E-state index in [1.807, 2.05) is 6.07 Å². The smallest absolute Gasteiger partial charge is 0.229 e. The van der Waals surface area contributed by atoms with Crippen LogP contribution >= 0.6 is 0 Å². The quantitative estimate of drug-likeness (QED) is 0.731. The maximum absolute atomic E-state index is 4.55. The number of para-hydroxylation sites is 1. The van der Waals surface area contributed by atoms with Gasteiger partial charge in [-0.25, -0.2) is 4.98 Å². The Morgan fingerprint density at radius 2 is 2.00 bits per heavy atom. The number of aryl methyl sites for hydroxylation is 2. The number of rotatable bonds is 8. The lowest BCUT2D eigenvalue weighted by atomic mass is 10.1.